The van der Waals surface area contributed by atoms with Gasteiger partial charge in [0.25, 0.3) is 0 Å². The molecule has 7 aliphatic heterocycles. The van der Waals surface area contributed by atoms with E-state index in [1.165, 1.54) is 166 Å². The summed E-state index contributed by atoms with van der Waals surface area (Å²) >= 11 is -0.135. The fourth-order valence-corrected chi connectivity index (χ4v) is 19.6. The van der Waals surface area contributed by atoms with Crippen LogP contribution in [0.15, 0.2) is 231 Å². The summed E-state index contributed by atoms with van der Waals surface area (Å²) < 4.78 is 2.78. The van der Waals surface area contributed by atoms with E-state index in [4.69, 9.17) is 0 Å². The van der Waals surface area contributed by atoms with Gasteiger partial charge in [-0.25, -0.2) is 0 Å². The summed E-state index contributed by atoms with van der Waals surface area (Å²) in [4.78, 5) is 16.1. The second kappa shape index (κ2) is 19.5. The molecule has 0 saturated carbocycles. The zero-order chi connectivity index (χ0) is 64.7. The van der Waals surface area contributed by atoms with Crippen molar-refractivity contribution in [1.82, 2.24) is 0 Å². The van der Waals surface area contributed by atoms with E-state index in [0.29, 0.717) is 0 Å². The molecule has 8 heterocycles. The SMILES string of the molecule is CC(C)(C)c1ccc2c(c1)B1c3ccc4c5c3N(c3ccc6c(c31)N2c1ccc(C(C)(C)C)cc1N6c1ccccc1)c1c(-c2ccccc2)[se]c(-c2ccccc2)c1N5c1ccc2c3c1B4c1ccc(C(C)(C)C)cc1N3c1ccc(C(C)(C)C)cc1N2c1ccccc1. The Kier molecular flexibility index (Phi) is 11.7. The monoisotopic (exact) mass is 1290 g/mol. The van der Waals surface area contributed by atoms with Gasteiger partial charge >= 0.3 is 528 Å². The summed E-state index contributed by atoms with van der Waals surface area (Å²) in [5.41, 5.74) is 37.5. The topological polar surface area (TPSA) is 19.4 Å². The second-order valence-corrected chi connectivity index (χ2v) is 33.5. The number of para-hydroxylation sites is 2. The predicted molar refractivity (Wildman–Crippen MR) is 407 cm³/mol. The zero-order valence-corrected chi connectivity index (χ0v) is 57.9. The molecular formula is C86H74B2N6Se. The van der Waals surface area contributed by atoms with E-state index in [0.717, 1.165) is 11.4 Å². The van der Waals surface area contributed by atoms with E-state index in [9.17, 15) is 0 Å². The summed E-state index contributed by atoms with van der Waals surface area (Å²) in [6.07, 6.45) is 0. The molecule has 12 aromatic rings. The number of nitrogens with zero attached hydrogens (tertiary/aromatic N) is 6. The van der Waals surface area contributed by atoms with Crippen LogP contribution in [-0.4, -0.2) is 27.9 Å². The molecule has 1 aromatic heterocycles. The van der Waals surface area contributed by atoms with Crippen molar-refractivity contribution in [2.75, 3.05) is 29.4 Å². The van der Waals surface area contributed by atoms with Crippen LogP contribution < -0.4 is 62.2 Å². The number of fused-ring (bicyclic) bond motifs is 17. The molecule has 19 rings (SSSR count). The average Bonchev–Trinajstić information content (AvgIpc) is 1.58. The van der Waals surface area contributed by atoms with Gasteiger partial charge in [0.1, 0.15) is 0 Å². The van der Waals surface area contributed by atoms with Crippen molar-refractivity contribution in [2.24, 2.45) is 0 Å². The van der Waals surface area contributed by atoms with Gasteiger partial charge in [-0.1, -0.05) is 41.5 Å². The third-order valence-electron chi connectivity index (χ3n) is 21.6. The third kappa shape index (κ3) is 7.88. The van der Waals surface area contributed by atoms with E-state index < -0.39 is 0 Å². The quantitative estimate of drug-likeness (QED) is 0.162. The molecule has 6 nitrogen and oxygen atoms in total. The van der Waals surface area contributed by atoms with Crippen LogP contribution in [0.2, 0.25) is 0 Å². The Hall–Kier alpha value is -9.65. The zero-order valence-electron chi connectivity index (χ0n) is 56.2. The van der Waals surface area contributed by atoms with Crippen LogP contribution >= 0.6 is 0 Å². The van der Waals surface area contributed by atoms with E-state index in [-0.39, 0.29) is 49.6 Å². The van der Waals surface area contributed by atoms with Crippen molar-refractivity contribution < 1.29 is 0 Å². The van der Waals surface area contributed by atoms with Crippen molar-refractivity contribution in [2.45, 2.75) is 105 Å². The van der Waals surface area contributed by atoms with Crippen LogP contribution in [0.5, 0.6) is 0 Å². The van der Waals surface area contributed by atoms with Crippen molar-refractivity contribution in [1.29, 1.82) is 0 Å². The molecule has 0 N–H and O–H groups in total. The van der Waals surface area contributed by atoms with Crippen LogP contribution in [-0.2, 0) is 21.7 Å². The Bertz CT molecular complexity index is 5280. The van der Waals surface area contributed by atoms with Gasteiger partial charge in [-0.3, -0.25) is 0 Å². The molecule has 460 valence electrons. The molecule has 0 fully saturated rings. The van der Waals surface area contributed by atoms with Gasteiger partial charge in [0.2, 0.25) is 0 Å². The number of anilines is 18. The molecule has 95 heavy (non-hydrogen) atoms. The predicted octanol–water partition coefficient (Wildman–Crippen LogP) is 19.3. The molecule has 0 unspecified atom stereocenters. The Morgan fingerprint density at radius 2 is 0.579 bits per heavy atom. The summed E-state index contributed by atoms with van der Waals surface area (Å²) in [5.74, 6) is 0. The Balaban J connectivity index is 0.963. The molecule has 0 saturated heterocycles. The average molecular weight is 1290 g/mol. The Morgan fingerprint density at radius 3 is 1.01 bits per heavy atom. The number of rotatable bonds is 4. The standard InChI is InChI=1S/C86H74B2N6Se/c1-83(2,3)53-34-40-63-62(47-53)88-61-39-38-60-75-76(61)94(67-44-45-68-77(74(67)88)91(63)64-41-35-55(85(7,8)9)49-71(64)89(68)57-29-21-15-22-30-57)80-79(81(51-25-17-13-18-26-51)95-82(80)52-27-19-14-20-28-52)93(75)66-43-46-69-78-73(66)87(60)59-37-33-54(84(4,5)6)48-70(59)92(78)65-42-36-56(86(10,11)12)50-72(65)90(69)58-31-23-16-24-32-58/h13-50H,1-12H3. The first-order valence-corrected chi connectivity index (χ1v) is 35.7. The minimum atomic E-state index is -0.135. The van der Waals surface area contributed by atoms with Gasteiger partial charge in [0, 0.05) is 0 Å². The van der Waals surface area contributed by atoms with Gasteiger partial charge in [-0.2, -0.15) is 0 Å². The van der Waals surface area contributed by atoms with Crippen molar-refractivity contribution in [3.8, 4) is 20.0 Å². The summed E-state index contributed by atoms with van der Waals surface area (Å²) in [6.45, 7) is 28.0. The molecule has 0 aliphatic carbocycles. The van der Waals surface area contributed by atoms with E-state index in [1.807, 2.05) is 0 Å². The molecule has 0 radical (unpaired) electrons. The summed E-state index contributed by atoms with van der Waals surface area (Å²) in [7, 11) is 0. The normalized spacial score (nSPS) is 14.8. The van der Waals surface area contributed by atoms with Crippen LogP contribution in [0, 0.1) is 0 Å². The van der Waals surface area contributed by atoms with Crippen molar-refractivity contribution in [3.05, 3.63) is 253 Å². The Labute approximate surface area is 566 Å². The summed E-state index contributed by atoms with van der Waals surface area (Å²) in [6, 6.07) is 89.9. The molecule has 0 bridgehead atoms. The minimum absolute atomic E-state index is 0.0689. The molecule has 0 atom stereocenters. The number of benzene rings is 11. The van der Waals surface area contributed by atoms with E-state index in [2.05, 4.69) is 343 Å². The molecule has 11 aromatic carbocycles. The van der Waals surface area contributed by atoms with Crippen LogP contribution in [0.1, 0.15) is 105 Å². The molecule has 9 heteroatoms. The van der Waals surface area contributed by atoms with Crippen LogP contribution in [0.3, 0.4) is 0 Å². The van der Waals surface area contributed by atoms with Gasteiger partial charge in [-0.15, -0.1) is 0 Å². The molecule has 0 amide bonds. The maximum atomic E-state index is 2.82. The molecule has 0 spiro atoms. The first-order valence-electron chi connectivity index (χ1n) is 34.0. The van der Waals surface area contributed by atoms with Crippen molar-refractivity contribution >= 4 is 163 Å². The molecular weight excluding hydrogens is 1220 g/mol. The first-order chi connectivity index (χ1) is 45.7. The molecule has 7 aliphatic rings. The number of hydrogen-bond acceptors (Lipinski definition) is 6. The van der Waals surface area contributed by atoms with Gasteiger partial charge in [0.15, 0.2) is 0 Å². The fraction of sp³-hybridized carbons (Fsp3) is 0.186. The Morgan fingerprint density at radius 1 is 0.242 bits per heavy atom. The maximum absolute atomic E-state index is 2.82. The van der Waals surface area contributed by atoms with Gasteiger partial charge in [0.05, 0.1) is 0 Å². The number of hydrogen-bond donors (Lipinski definition) is 0. The van der Waals surface area contributed by atoms with Crippen LogP contribution in [0.4, 0.5) is 102 Å². The fourth-order valence-electron chi connectivity index (χ4n) is 16.9. The van der Waals surface area contributed by atoms with E-state index >= 15 is 0 Å². The second-order valence-electron chi connectivity index (χ2n) is 31.4. The first kappa shape index (κ1) is 56.9. The third-order valence-corrected chi connectivity index (χ3v) is 24.2. The van der Waals surface area contributed by atoms with E-state index in [1.54, 1.807) is 0 Å². The van der Waals surface area contributed by atoms with Crippen molar-refractivity contribution in [3.63, 3.8) is 0 Å². The van der Waals surface area contributed by atoms with Gasteiger partial charge in [-0.05, 0) is 0 Å². The van der Waals surface area contributed by atoms with Crippen LogP contribution in [0.25, 0.3) is 20.0 Å². The van der Waals surface area contributed by atoms with Gasteiger partial charge < -0.3 is 0 Å². The summed E-state index contributed by atoms with van der Waals surface area (Å²) in [5, 5.41) is 0.